The molecule has 0 aromatic carbocycles. The van der Waals surface area contributed by atoms with Crippen molar-refractivity contribution in [2.45, 2.75) is 65.8 Å². The zero-order chi connectivity index (χ0) is 17.0. The molecule has 2 aromatic rings. The first-order chi connectivity index (χ1) is 10.9. The molecule has 6 nitrogen and oxygen atoms in total. The standard InChI is InChI=1S/C16H24N4O2S/c1-6-8-11-18-15(20-22-11)16(4,5)19-14(21)13-10(3)17-12(23-13)9-7-2/h6-9H2,1-5H3,(H,19,21). The maximum absolute atomic E-state index is 12.6. The number of nitrogens with one attached hydrogen (secondary N) is 1. The summed E-state index contributed by atoms with van der Waals surface area (Å²) in [5.41, 5.74) is 0.0695. The summed E-state index contributed by atoms with van der Waals surface area (Å²) < 4.78 is 5.22. The van der Waals surface area contributed by atoms with Gasteiger partial charge in [-0.05, 0) is 40.0 Å². The summed E-state index contributed by atoms with van der Waals surface area (Å²) in [7, 11) is 0. The number of thiazole rings is 1. The molecule has 126 valence electrons. The summed E-state index contributed by atoms with van der Waals surface area (Å²) in [6.07, 6.45) is 3.59. The van der Waals surface area contributed by atoms with Gasteiger partial charge in [-0.25, -0.2) is 4.98 Å². The van der Waals surface area contributed by atoms with Crippen LogP contribution in [0.1, 0.15) is 72.6 Å². The van der Waals surface area contributed by atoms with Crippen molar-refractivity contribution >= 4 is 17.2 Å². The lowest BCUT2D eigenvalue weighted by molar-refractivity contribution is 0.0911. The number of amides is 1. The fourth-order valence-corrected chi connectivity index (χ4v) is 3.27. The maximum Gasteiger partial charge on any atom is 0.264 e. The lowest BCUT2D eigenvalue weighted by atomic mass is 10.0. The van der Waals surface area contributed by atoms with Crippen LogP contribution in [0.15, 0.2) is 4.52 Å². The predicted molar refractivity (Wildman–Crippen MR) is 89.6 cm³/mol. The molecule has 0 bridgehead atoms. The molecule has 0 spiro atoms. The van der Waals surface area contributed by atoms with Gasteiger partial charge in [-0.3, -0.25) is 4.79 Å². The van der Waals surface area contributed by atoms with Crippen LogP contribution >= 0.6 is 11.3 Å². The minimum absolute atomic E-state index is 0.144. The van der Waals surface area contributed by atoms with Crippen molar-refractivity contribution in [3.05, 3.63) is 27.3 Å². The van der Waals surface area contributed by atoms with Crippen LogP contribution in [0.2, 0.25) is 0 Å². The summed E-state index contributed by atoms with van der Waals surface area (Å²) in [4.78, 5) is 22.1. The average molecular weight is 336 g/mol. The molecule has 0 aliphatic heterocycles. The molecular formula is C16H24N4O2S. The van der Waals surface area contributed by atoms with E-state index < -0.39 is 5.54 Å². The highest BCUT2D eigenvalue weighted by Gasteiger charge is 2.30. The molecule has 7 heteroatoms. The summed E-state index contributed by atoms with van der Waals surface area (Å²) in [5, 5.41) is 7.98. The van der Waals surface area contributed by atoms with Crippen LogP contribution in [-0.4, -0.2) is 21.0 Å². The van der Waals surface area contributed by atoms with Crippen molar-refractivity contribution in [3.63, 3.8) is 0 Å². The van der Waals surface area contributed by atoms with Gasteiger partial charge in [0.05, 0.1) is 16.2 Å². The molecular weight excluding hydrogens is 312 g/mol. The van der Waals surface area contributed by atoms with E-state index in [9.17, 15) is 4.79 Å². The minimum Gasteiger partial charge on any atom is -0.339 e. The van der Waals surface area contributed by atoms with E-state index in [2.05, 4.69) is 34.3 Å². The largest absolute Gasteiger partial charge is 0.339 e. The Bertz CT molecular complexity index is 675. The van der Waals surface area contributed by atoms with E-state index >= 15 is 0 Å². The van der Waals surface area contributed by atoms with Gasteiger partial charge >= 0.3 is 0 Å². The molecule has 1 N–H and O–H groups in total. The van der Waals surface area contributed by atoms with E-state index in [0.717, 1.165) is 36.4 Å². The Balaban J connectivity index is 2.13. The molecule has 1 amide bonds. The topological polar surface area (TPSA) is 80.9 Å². The molecule has 0 atom stereocenters. The highest BCUT2D eigenvalue weighted by Crippen LogP contribution is 2.23. The highest BCUT2D eigenvalue weighted by molar-refractivity contribution is 7.13. The van der Waals surface area contributed by atoms with Crippen LogP contribution in [0.25, 0.3) is 0 Å². The number of carbonyl (C=O) groups is 1. The van der Waals surface area contributed by atoms with Crippen LogP contribution in [0, 0.1) is 6.92 Å². The molecule has 0 unspecified atom stereocenters. The lowest BCUT2D eigenvalue weighted by Crippen LogP contribution is -2.41. The number of hydrogen-bond donors (Lipinski definition) is 1. The second-order valence-electron chi connectivity index (χ2n) is 6.11. The molecule has 23 heavy (non-hydrogen) atoms. The summed E-state index contributed by atoms with van der Waals surface area (Å²) in [5.74, 6) is 0.948. The molecule has 0 saturated carbocycles. The van der Waals surface area contributed by atoms with Gasteiger partial charge in [0.15, 0.2) is 5.82 Å². The normalized spacial score (nSPS) is 11.7. The third kappa shape index (κ3) is 4.16. The van der Waals surface area contributed by atoms with Crippen LogP contribution in [0.5, 0.6) is 0 Å². The van der Waals surface area contributed by atoms with E-state index in [4.69, 9.17) is 4.52 Å². The number of carbonyl (C=O) groups excluding carboxylic acids is 1. The van der Waals surface area contributed by atoms with E-state index in [1.165, 1.54) is 11.3 Å². The fourth-order valence-electron chi connectivity index (χ4n) is 2.20. The van der Waals surface area contributed by atoms with E-state index in [-0.39, 0.29) is 5.91 Å². The van der Waals surface area contributed by atoms with E-state index in [1.54, 1.807) is 0 Å². The zero-order valence-electron chi connectivity index (χ0n) is 14.4. The fraction of sp³-hybridized carbons (Fsp3) is 0.625. The van der Waals surface area contributed by atoms with Crippen molar-refractivity contribution in [2.75, 3.05) is 0 Å². The average Bonchev–Trinajstić information content (AvgIpc) is 3.07. The van der Waals surface area contributed by atoms with Gasteiger partial charge in [0.25, 0.3) is 5.91 Å². The third-order valence-corrected chi connectivity index (χ3v) is 4.64. The zero-order valence-corrected chi connectivity index (χ0v) is 15.2. The minimum atomic E-state index is -0.700. The molecule has 0 fully saturated rings. The lowest BCUT2D eigenvalue weighted by Gasteiger charge is -2.21. The van der Waals surface area contributed by atoms with Gasteiger partial charge in [-0.1, -0.05) is 19.0 Å². The van der Waals surface area contributed by atoms with Crippen LogP contribution in [0.3, 0.4) is 0 Å². The number of nitrogens with zero attached hydrogens (tertiary/aromatic N) is 3. The smallest absolute Gasteiger partial charge is 0.264 e. The van der Waals surface area contributed by atoms with Crippen molar-refractivity contribution in [1.82, 2.24) is 20.4 Å². The molecule has 2 aromatic heterocycles. The first-order valence-electron chi connectivity index (χ1n) is 7.99. The van der Waals surface area contributed by atoms with Gasteiger partial charge in [0, 0.05) is 6.42 Å². The first-order valence-corrected chi connectivity index (χ1v) is 8.80. The number of aromatic nitrogens is 3. The predicted octanol–water partition coefficient (Wildman–Crippen LogP) is 3.40. The second kappa shape index (κ2) is 7.21. The number of rotatable bonds is 7. The Morgan fingerprint density at radius 3 is 2.57 bits per heavy atom. The van der Waals surface area contributed by atoms with Crippen LogP contribution in [-0.2, 0) is 18.4 Å². The van der Waals surface area contributed by atoms with Crippen molar-refractivity contribution in [3.8, 4) is 0 Å². The molecule has 0 saturated heterocycles. The summed E-state index contributed by atoms with van der Waals surface area (Å²) in [6, 6.07) is 0. The van der Waals surface area contributed by atoms with Crippen molar-refractivity contribution in [1.29, 1.82) is 0 Å². The van der Waals surface area contributed by atoms with Gasteiger partial charge in [-0.15, -0.1) is 11.3 Å². The van der Waals surface area contributed by atoms with Gasteiger partial charge in [-0.2, -0.15) is 4.98 Å². The van der Waals surface area contributed by atoms with E-state index in [1.807, 2.05) is 20.8 Å². The molecule has 0 aliphatic carbocycles. The van der Waals surface area contributed by atoms with Crippen molar-refractivity contribution < 1.29 is 9.32 Å². The van der Waals surface area contributed by atoms with E-state index in [0.29, 0.717) is 16.6 Å². The first kappa shape index (κ1) is 17.6. The Morgan fingerprint density at radius 1 is 1.22 bits per heavy atom. The SMILES string of the molecule is CCCc1nc(C(C)(C)NC(=O)c2sc(CCC)nc2C)no1. The van der Waals surface area contributed by atoms with Crippen LogP contribution < -0.4 is 5.32 Å². The Kier molecular flexibility index (Phi) is 5.51. The monoisotopic (exact) mass is 336 g/mol. The van der Waals surface area contributed by atoms with Gasteiger partial charge < -0.3 is 9.84 Å². The summed E-state index contributed by atoms with van der Waals surface area (Å²) in [6.45, 7) is 9.76. The summed E-state index contributed by atoms with van der Waals surface area (Å²) >= 11 is 1.45. The highest BCUT2D eigenvalue weighted by atomic mass is 32.1. The second-order valence-corrected chi connectivity index (χ2v) is 7.20. The number of hydrogen-bond acceptors (Lipinski definition) is 6. The number of aryl methyl sites for hydroxylation is 3. The molecule has 0 radical (unpaired) electrons. The van der Waals surface area contributed by atoms with Crippen LogP contribution in [0.4, 0.5) is 0 Å². The Morgan fingerprint density at radius 2 is 1.91 bits per heavy atom. The van der Waals surface area contributed by atoms with Crippen molar-refractivity contribution in [2.24, 2.45) is 0 Å². The maximum atomic E-state index is 12.6. The Hall–Kier alpha value is -1.76. The van der Waals surface area contributed by atoms with Gasteiger partial charge in [0.2, 0.25) is 5.89 Å². The molecule has 0 aliphatic rings. The molecule has 2 rings (SSSR count). The molecule has 2 heterocycles. The quantitative estimate of drug-likeness (QED) is 0.838. The Labute approximate surface area is 140 Å². The third-order valence-electron chi connectivity index (χ3n) is 3.43. The van der Waals surface area contributed by atoms with Gasteiger partial charge in [0.1, 0.15) is 4.88 Å².